The number of rotatable bonds is 2. The maximum atomic E-state index is 12.7. The largest absolute Gasteiger partial charge is 0.271 e. The molecule has 23 heavy (non-hydrogen) atoms. The number of halogens is 1. The minimum Gasteiger partial charge on any atom is -0.271 e. The second kappa shape index (κ2) is 5.50. The van der Waals surface area contributed by atoms with Gasteiger partial charge in [0.2, 0.25) is 0 Å². The Bertz CT molecular complexity index is 749. The Morgan fingerprint density at radius 3 is 2.09 bits per heavy atom. The molecule has 0 N–H and O–H groups in total. The van der Waals surface area contributed by atoms with Crippen molar-refractivity contribution in [2.75, 3.05) is 0 Å². The number of imide groups is 1. The van der Waals surface area contributed by atoms with E-state index in [1.54, 1.807) is 24.3 Å². The predicted octanol–water partition coefficient (Wildman–Crippen LogP) is 4.27. The molecular formula is C19H16ClNO2. The third-order valence-corrected chi connectivity index (χ3v) is 5.19. The van der Waals surface area contributed by atoms with E-state index >= 15 is 0 Å². The molecular weight excluding hydrogens is 310 g/mol. The highest BCUT2D eigenvalue weighted by Crippen LogP contribution is 2.41. The molecule has 116 valence electrons. The van der Waals surface area contributed by atoms with Crippen LogP contribution in [0.25, 0.3) is 0 Å². The summed E-state index contributed by atoms with van der Waals surface area (Å²) in [6.07, 6.45) is 2.86. The molecule has 3 nitrogen and oxygen atoms in total. The monoisotopic (exact) mass is 325 g/mol. The molecule has 0 bridgehead atoms. The highest BCUT2D eigenvalue weighted by Gasteiger charge is 2.44. The zero-order valence-corrected chi connectivity index (χ0v) is 13.3. The Kier molecular flexibility index (Phi) is 3.46. The smallest absolute Gasteiger partial charge is 0.261 e. The van der Waals surface area contributed by atoms with Crippen molar-refractivity contribution in [3.8, 4) is 0 Å². The molecule has 4 heteroatoms. The van der Waals surface area contributed by atoms with E-state index in [0.29, 0.717) is 16.1 Å². The van der Waals surface area contributed by atoms with E-state index in [9.17, 15) is 9.59 Å². The Balaban J connectivity index is 1.69. The molecule has 1 fully saturated rings. The lowest BCUT2D eigenvalue weighted by Crippen LogP contribution is -2.41. The van der Waals surface area contributed by atoms with Crippen LogP contribution in [0.1, 0.15) is 51.5 Å². The SMILES string of the molecule is O=C1c2ccccc2C(=O)N1[C@@H]1CCC[C@@H]1c1ccc(Cl)cc1. The molecule has 2 amide bonds. The van der Waals surface area contributed by atoms with Crippen LogP contribution in [0, 0.1) is 0 Å². The van der Waals surface area contributed by atoms with Gasteiger partial charge in [-0.05, 0) is 42.7 Å². The van der Waals surface area contributed by atoms with Gasteiger partial charge in [-0.2, -0.15) is 0 Å². The summed E-state index contributed by atoms with van der Waals surface area (Å²) in [7, 11) is 0. The van der Waals surface area contributed by atoms with E-state index in [2.05, 4.69) is 0 Å². The first-order valence-corrected chi connectivity index (χ1v) is 8.27. The summed E-state index contributed by atoms with van der Waals surface area (Å²) >= 11 is 5.97. The highest BCUT2D eigenvalue weighted by molar-refractivity contribution is 6.30. The molecule has 1 aliphatic heterocycles. The van der Waals surface area contributed by atoms with Crippen molar-refractivity contribution >= 4 is 23.4 Å². The Morgan fingerprint density at radius 2 is 1.48 bits per heavy atom. The number of fused-ring (bicyclic) bond motifs is 1. The van der Waals surface area contributed by atoms with E-state index in [4.69, 9.17) is 11.6 Å². The average Bonchev–Trinajstić information content (AvgIpc) is 3.13. The first-order valence-electron chi connectivity index (χ1n) is 7.89. The maximum absolute atomic E-state index is 12.7. The summed E-state index contributed by atoms with van der Waals surface area (Å²) in [6.45, 7) is 0. The third kappa shape index (κ3) is 2.27. The summed E-state index contributed by atoms with van der Waals surface area (Å²) in [5, 5.41) is 0.698. The van der Waals surface area contributed by atoms with E-state index in [-0.39, 0.29) is 23.8 Å². The van der Waals surface area contributed by atoms with Crippen LogP contribution < -0.4 is 0 Å². The molecule has 4 rings (SSSR count). The second-order valence-electron chi connectivity index (χ2n) is 6.18. The third-order valence-electron chi connectivity index (χ3n) is 4.93. The lowest BCUT2D eigenvalue weighted by Gasteiger charge is -2.28. The quantitative estimate of drug-likeness (QED) is 0.773. The fourth-order valence-corrected chi connectivity index (χ4v) is 3.98. The van der Waals surface area contributed by atoms with Crippen molar-refractivity contribution in [3.63, 3.8) is 0 Å². The molecule has 2 aliphatic rings. The first kappa shape index (κ1) is 14.5. The molecule has 1 heterocycles. The number of nitrogens with zero attached hydrogens (tertiary/aromatic N) is 1. The van der Waals surface area contributed by atoms with Crippen LogP contribution in [0.2, 0.25) is 5.02 Å². The minimum absolute atomic E-state index is 0.0661. The van der Waals surface area contributed by atoms with Crippen molar-refractivity contribution in [1.29, 1.82) is 0 Å². The molecule has 2 atom stereocenters. The van der Waals surface area contributed by atoms with Gasteiger partial charge in [0.1, 0.15) is 0 Å². The molecule has 0 saturated heterocycles. The van der Waals surface area contributed by atoms with E-state index in [0.717, 1.165) is 24.8 Å². The van der Waals surface area contributed by atoms with Gasteiger partial charge in [0.25, 0.3) is 11.8 Å². The van der Waals surface area contributed by atoms with Gasteiger partial charge in [-0.25, -0.2) is 0 Å². The number of hydrogen-bond donors (Lipinski definition) is 0. The molecule has 0 aromatic heterocycles. The zero-order chi connectivity index (χ0) is 16.0. The topological polar surface area (TPSA) is 37.4 Å². The van der Waals surface area contributed by atoms with E-state index < -0.39 is 0 Å². The maximum Gasteiger partial charge on any atom is 0.261 e. The summed E-state index contributed by atoms with van der Waals surface area (Å²) in [6, 6.07) is 14.8. The Morgan fingerprint density at radius 1 is 0.870 bits per heavy atom. The summed E-state index contributed by atoms with van der Waals surface area (Å²) in [5.41, 5.74) is 2.20. The summed E-state index contributed by atoms with van der Waals surface area (Å²) < 4.78 is 0. The molecule has 0 radical (unpaired) electrons. The fraction of sp³-hybridized carbons (Fsp3) is 0.263. The summed E-state index contributed by atoms with van der Waals surface area (Å²) in [5.74, 6) is -0.123. The zero-order valence-electron chi connectivity index (χ0n) is 12.5. The van der Waals surface area contributed by atoms with Gasteiger partial charge in [0, 0.05) is 17.0 Å². The van der Waals surface area contributed by atoms with Gasteiger partial charge in [-0.15, -0.1) is 0 Å². The Hall–Kier alpha value is -2.13. The lowest BCUT2D eigenvalue weighted by atomic mass is 9.93. The molecule has 1 aliphatic carbocycles. The van der Waals surface area contributed by atoms with Crippen LogP contribution in [0.4, 0.5) is 0 Å². The fourth-order valence-electron chi connectivity index (χ4n) is 3.86. The second-order valence-corrected chi connectivity index (χ2v) is 6.62. The lowest BCUT2D eigenvalue weighted by molar-refractivity contribution is 0.0574. The van der Waals surface area contributed by atoms with Crippen LogP contribution in [0.3, 0.4) is 0 Å². The van der Waals surface area contributed by atoms with Crippen LogP contribution in [-0.2, 0) is 0 Å². The standard InChI is InChI=1S/C19H16ClNO2/c20-13-10-8-12(9-11-13)14-6-3-7-17(14)21-18(22)15-4-1-2-5-16(15)19(21)23/h1-2,4-5,8-11,14,17H,3,6-7H2/t14-,17-/m1/s1. The Labute approximate surface area is 139 Å². The number of hydrogen-bond acceptors (Lipinski definition) is 2. The van der Waals surface area contributed by atoms with Crippen LogP contribution in [0.15, 0.2) is 48.5 Å². The summed E-state index contributed by atoms with van der Waals surface area (Å²) in [4.78, 5) is 26.9. The van der Waals surface area contributed by atoms with Gasteiger partial charge in [-0.1, -0.05) is 42.3 Å². The van der Waals surface area contributed by atoms with Gasteiger partial charge in [-0.3, -0.25) is 14.5 Å². The van der Waals surface area contributed by atoms with Crippen molar-refractivity contribution < 1.29 is 9.59 Å². The van der Waals surface area contributed by atoms with E-state index in [1.165, 1.54) is 4.90 Å². The van der Waals surface area contributed by atoms with Crippen LogP contribution >= 0.6 is 11.6 Å². The number of carbonyl (C=O) groups is 2. The molecule has 0 unspecified atom stereocenters. The van der Waals surface area contributed by atoms with Crippen molar-refractivity contribution in [2.24, 2.45) is 0 Å². The predicted molar refractivity (Wildman–Crippen MR) is 88.8 cm³/mol. The highest BCUT2D eigenvalue weighted by atomic mass is 35.5. The molecule has 2 aromatic carbocycles. The number of amides is 2. The van der Waals surface area contributed by atoms with Gasteiger partial charge in [0.15, 0.2) is 0 Å². The van der Waals surface area contributed by atoms with Crippen molar-refractivity contribution in [2.45, 2.75) is 31.2 Å². The van der Waals surface area contributed by atoms with Crippen molar-refractivity contribution in [1.82, 2.24) is 4.90 Å². The molecule has 1 saturated carbocycles. The van der Waals surface area contributed by atoms with Gasteiger partial charge < -0.3 is 0 Å². The van der Waals surface area contributed by atoms with Crippen molar-refractivity contribution in [3.05, 3.63) is 70.2 Å². The molecule has 0 spiro atoms. The van der Waals surface area contributed by atoms with Crippen LogP contribution in [-0.4, -0.2) is 22.8 Å². The normalized spacial score (nSPS) is 23.4. The number of benzene rings is 2. The van der Waals surface area contributed by atoms with Gasteiger partial charge >= 0.3 is 0 Å². The first-order chi connectivity index (χ1) is 11.2. The van der Waals surface area contributed by atoms with Gasteiger partial charge in [0.05, 0.1) is 11.1 Å². The minimum atomic E-state index is -0.156. The number of carbonyl (C=O) groups excluding carboxylic acids is 2. The van der Waals surface area contributed by atoms with Crippen LogP contribution in [0.5, 0.6) is 0 Å². The molecule has 2 aromatic rings. The average molecular weight is 326 g/mol. The van der Waals surface area contributed by atoms with E-state index in [1.807, 2.05) is 24.3 Å².